The number of ether oxygens (including phenoxy) is 1. The number of carbonyl (C=O) groups is 2. The predicted molar refractivity (Wildman–Crippen MR) is 90.6 cm³/mol. The van der Waals surface area contributed by atoms with Gasteiger partial charge in [-0.1, -0.05) is 23.7 Å². The number of rotatable bonds is 5. The maximum absolute atomic E-state index is 12.8. The zero-order valence-electron chi connectivity index (χ0n) is 13.0. The monoisotopic (exact) mass is 345 g/mol. The molecule has 2 aromatic rings. The van der Waals surface area contributed by atoms with Crippen molar-refractivity contribution in [3.8, 4) is 5.75 Å². The van der Waals surface area contributed by atoms with Gasteiger partial charge in [0.05, 0.1) is 26.0 Å². The van der Waals surface area contributed by atoms with Crippen LogP contribution in [0.15, 0.2) is 42.5 Å². The van der Waals surface area contributed by atoms with E-state index in [4.69, 9.17) is 21.4 Å². The first-order valence-corrected chi connectivity index (χ1v) is 7.83. The molecule has 0 saturated heterocycles. The standard InChI is InChI=1S/C18H16ClNO4/c1-24-13-6-7-16-14(8-13)15(9-17(21)22)18(23)20(16)10-11-2-4-12(19)5-3-11/h2-8,15H,9-10H2,1H3,(H,21,22). The first kappa shape index (κ1) is 16.3. The molecule has 0 fully saturated rings. The van der Waals surface area contributed by atoms with Crippen LogP contribution in [0.2, 0.25) is 5.02 Å². The van der Waals surface area contributed by atoms with Crippen molar-refractivity contribution in [1.82, 2.24) is 0 Å². The molecule has 0 aliphatic carbocycles. The van der Waals surface area contributed by atoms with Crippen LogP contribution in [-0.2, 0) is 16.1 Å². The highest BCUT2D eigenvalue weighted by molar-refractivity contribution is 6.30. The lowest BCUT2D eigenvalue weighted by molar-refractivity contribution is -0.139. The number of fused-ring (bicyclic) bond motifs is 1. The van der Waals surface area contributed by atoms with E-state index in [9.17, 15) is 9.59 Å². The normalized spacial score (nSPS) is 16.2. The summed E-state index contributed by atoms with van der Waals surface area (Å²) in [6.45, 7) is 0.367. The van der Waals surface area contributed by atoms with Crippen molar-refractivity contribution in [3.05, 3.63) is 58.6 Å². The molecule has 1 N–H and O–H groups in total. The third-order valence-corrected chi connectivity index (χ3v) is 4.35. The molecule has 5 nitrogen and oxygen atoms in total. The molecular formula is C18H16ClNO4. The zero-order chi connectivity index (χ0) is 17.3. The van der Waals surface area contributed by atoms with Gasteiger partial charge in [0.1, 0.15) is 5.75 Å². The summed E-state index contributed by atoms with van der Waals surface area (Å²) in [5.74, 6) is -1.31. The van der Waals surface area contributed by atoms with E-state index >= 15 is 0 Å². The van der Waals surface area contributed by atoms with Gasteiger partial charge in [0.2, 0.25) is 5.91 Å². The van der Waals surface area contributed by atoms with Crippen molar-refractivity contribution in [2.45, 2.75) is 18.9 Å². The first-order valence-electron chi connectivity index (χ1n) is 7.45. The van der Waals surface area contributed by atoms with Crippen LogP contribution in [-0.4, -0.2) is 24.1 Å². The van der Waals surface area contributed by atoms with E-state index in [1.807, 2.05) is 12.1 Å². The lowest BCUT2D eigenvalue weighted by atomic mass is 9.97. The molecule has 1 aliphatic rings. The summed E-state index contributed by atoms with van der Waals surface area (Å²) in [6, 6.07) is 12.5. The van der Waals surface area contributed by atoms with Crippen molar-refractivity contribution >= 4 is 29.2 Å². The molecule has 1 heterocycles. The lowest BCUT2D eigenvalue weighted by Crippen LogP contribution is -2.29. The number of amides is 1. The molecule has 0 spiro atoms. The van der Waals surface area contributed by atoms with Gasteiger partial charge in [0, 0.05) is 10.7 Å². The Balaban J connectivity index is 1.97. The molecule has 0 saturated carbocycles. The van der Waals surface area contributed by atoms with Crippen molar-refractivity contribution in [3.63, 3.8) is 0 Å². The summed E-state index contributed by atoms with van der Waals surface area (Å²) in [6.07, 6.45) is -0.240. The number of aliphatic carboxylic acids is 1. The molecule has 6 heteroatoms. The summed E-state index contributed by atoms with van der Waals surface area (Å²) >= 11 is 5.89. The number of carboxylic acids is 1. The number of carbonyl (C=O) groups excluding carboxylic acids is 1. The number of nitrogens with zero attached hydrogens (tertiary/aromatic N) is 1. The van der Waals surface area contributed by atoms with Crippen LogP contribution < -0.4 is 9.64 Å². The summed E-state index contributed by atoms with van der Waals surface area (Å²) in [7, 11) is 1.54. The van der Waals surface area contributed by atoms with Gasteiger partial charge >= 0.3 is 5.97 Å². The molecule has 24 heavy (non-hydrogen) atoms. The minimum Gasteiger partial charge on any atom is -0.497 e. The zero-order valence-corrected chi connectivity index (χ0v) is 13.8. The van der Waals surface area contributed by atoms with E-state index in [1.54, 1.807) is 35.2 Å². The highest BCUT2D eigenvalue weighted by Gasteiger charge is 2.38. The smallest absolute Gasteiger partial charge is 0.304 e. The second kappa shape index (κ2) is 6.53. The number of anilines is 1. The van der Waals surface area contributed by atoms with Crippen LogP contribution >= 0.6 is 11.6 Å². The van der Waals surface area contributed by atoms with Crippen LogP contribution in [0, 0.1) is 0 Å². The summed E-state index contributed by atoms with van der Waals surface area (Å²) in [4.78, 5) is 25.5. The quantitative estimate of drug-likeness (QED) is 0.901. The van der Waals surface area contributed by atoms with Gasteiger partial charge in [-0.15, -0.1) is 0 Å². The number of carboxylic acid groups (broad SMARTS) is 1. The van der Waals surface area contributed by atoms with Crippen molar-refractivity contribution < 1.29 is 19.4 Å². The maximum Gasteiger partial charge on any atom is 0.304 e. The average Bonchev–Trinajstić information content (AvgIpc) is 2.81. The topological polar surface area (TPSA) is 66.8 Å². The summed E-state index contributed by atoms with van der Waals surface area (Å²) in [5, 5.41) is 9.76. The van der Waals surface area contributed by atoms with Gasteiger partial charge in [0.25, 0.3) is 0 Å². The lowest BCUT2D eigenvalue weighted by Gasteiger charge is -2.18. The number of halogens is 1. The minimum atomic E-state index is -1.00. The maximum atomic E-state index is 12.8. The highest BCUT2D eigenvalue weighted by atomic mass is 35.5. The number of hydrogen-bond acceptors (Lipinski definition) is 3. The molecule has 2 aromatic carbocycles. The molecule has 0 radical (unpaired) electrons. The minimum absolute atomic E-state index is 0.212. The molecule has 0 bridgehead atoms. The van der Waals surface area contributed by atoms with Gasteiger partial charge in [-0.25, -0.2) is 0 Å². The van der Waals surface area contributed by atoms with Gasteiger partial charge in [0.15, 0.2) is 0 Å². The number of methoxy groups -OCH3 is 1. The Labute approximate surface area is 144 Å². The Morgan fingerprint density at radius 2 is 1.96 bits per heavy atom. The van der Waals surface area contributed by atoms with E-state index in [2.05, 4.69) is 0 Å². The van der Waals surface area contributed by atoms with Crippen molar-refractivity contribution in [2.24, 2.45) is 0 Å². The Morgan fingerprint density at radius 1 is 1.25 bits per heavy atom. The van der Waals surface area contributed by atoms with E-state index in [-0.39, 0.29) is 12.3 Å². The Hall–Kier alpha value is -2.53. The molecule has 0 aromatic heterocycles. The van der Waals surface area contributed by atoms with Crippen LogP contribution in [0.5, 0.6) is 5.75 Å². The summed E-state index contributed by atoms with van der Waals surface area (Å²) in [5.41, 5.74) is 2.34. The fourth-order valence-corrected chi connectivity index (χ4v) is 3.06. The van der Waals surface area contributed by atoms with E-state index < -0.39 is 11.9 Å². The third kappa shape index (κ3) is 3.08. The van der Waals surface area contributed by atoms with Crippen LogP contribution in [0.25, 0.3) is 0 Å². The molecule has 124 valence electrons. The first-order chi connectivity index (χ1) is 11.5. The highest BCUT2D eigenvalue weighted by Crippen LogP contribution is 2.41. The molecule has 1 atom stereocenters. The number of hydrogen-bond donors (Lipinski definition) is 1. The van der Waals surface area contributed by atoms with Gasteiger partial charge in [-0.05, 0) is 41.5 Å². The van der Waals surface area contributed by atoms with Gasteiger partial charge < -0.3 is 14.7 Å². The fourth-order valence-electron chi connectivity index (χ4n) is 2.93. The average molecular weight is 346 g/mol. The van der Waals surface area contributed by atoms with Crippen molar-refractivity contribution in [2.75, 3.05) is 12.0 Å². The largest absolute Gasteiger partial charge is 0.497 e. The molecule has 3 rings (SSSR count). The van der Waals surface area contributed by atoms with Crippen LogP contribution in [0.4, 0.5) is 5.69 Å². The van der Waals surface area contributed by atoms with E-state index in [0.29, 0.717) is 22.9 Å². The Kier molecular flexibility index (Phi) is 4.44. The Morgan fingerprint density at radius 3 is 2.58 bits per heavy atom. The van der Waals surface area contributed by atoms with Crippen LogP contribution in [0.1, 0.15) is 23.5 Å². The van der Waals surface area contributed by atoms with Gasteiger partial charge in [-0.3, -0.25) is 9.59 Å². The second-order valence-electron chi connectivity index (χ2n) is 5.63. The molecular weight excluding hydrogens is 330 g/mol. The molecule has 1 unspecified atom stereocenters. The Bertz CT molecular complexity index is 788. The van der Waals surface area contributed by atoms with Crippen LogP contribution in [0.3, 0.4) is 0 Å². The molecule has 1 aliphatic heterocycles. The SMILES string of the molecule is COc1ccc2c(c1)C(CC(=O)O)C(=O)N2Cc1ccc(Cl)cc1. The van der Waals surface area contributed by atoms with E-state index in [0.717, 1.165) is 11.3 Å². The second-order valence-corrected chi connectivity index (χ2v) is 6.06. The fraction of sp³-hybridized carbons (Fsp3) is 0.222. The molecule has 1 amide bonds. The van der Waals surface area contributed by atoms with Gasteiger partial charge in [-0.2, -0.15) is 0 Å². The predicted octanol–water partition coefficient (Wildman–Crippen LogP) is 3.45. The number of benzene rings is 2. The third-order valence-electron chi connectivity index (χ3n) is 4.10. The summed E-state index contributed by atoms with van der Waals surface area (Å²) < 4.78 is 5.20. The van der Waals surface area contributed by atoms with Crippen molar-refractivity contribution in [1.29, 1.82) is 0 Å². The van der Waals surface area contributed by atoms with E-state index in [1.165, 1.54) is 7.11 Å².